The normalized spacial score (nSPS) is 23.5. The molecule has 6 atom stereocenters. The summed E-state index contributed by atoms with van der Waals surface area (Å²) >= 11 is 3.66. The Morgan fingerprint density at radius 2 is 1.43 bits per heavy atom. The summed E-state index contributed by atoms with van der Waals surface area (Å²) in [5.74, 6) is -4.62. The maximum atomic E-state index is 12.8. The Morgan fingerprint density at radius 3 is 1.92 bits per heavy atom. The van der Waals surface area contributed by atoms with Gasteiger partial charge < -0.3 is 39.6 Å². The molecule has 5 unspecified atom stereocenters. The van der Waals surface area contributed by atoms with Crippen molar-refractivity contribution in [2.45, 2.75) is 84.1 Å². The zero-order chi connectivity index (χ0) is 28.3. The molecule has 0 saturated carbocycles. The van der Waals surface area contributed by atoms with E-state index in [4.69, 9.17) is 18.9 Å². The van der Waals surface area contributed by atoms with Gasteiger partial charge in [-0.25, -0.2) is 0 Å². The quantitative estimate of drug-likeness (QED) is 0.109. The molecule has 4 N–H and O–H groups in total. The van der Waals surface area contributed by atoms with E-state index in [-0.39, 0.29) is 12.8 Å². The lowest BCUT2D eigenvalue weighted by molar-refractivity contribution is -0.228. The van der Waals surface area contributed by atoms with Crippen molar-refractivity contribution in [3.05, 3.63) is 0 Å². The molecule has 16 heteroatoms. The van der Waals surface area contributed by atoms with Gasteiger partial charge in [0.05, 0.1) is 0 Å². The Hall–Kier alpha value is -3.40. The van der Waals surface area contributed by atoms with E-state index in [0.29, 0.717) is 0 Å². The fourth-order valence-corrected chi connectivity index (χ4v) is 3.71. The molecule has 37 heavy (non-hydrogen) atoms. The van der Waals surface area contributed by atoms with Crippen molar-refractivity contribution >= 4 is 54.4 Å². The number of rotatable bonds is 11. The van der Waals surface area contributed by atoms with E-state index in [1.165, 1.54) is 13.8 Å². The summed E-state index contributed by atoms with van der Waals surface area (Å²) in [6.45, 7) is 5.26. The van der Waals surface area contributed by atoms with Crippen molar-refractivity contribution in [2.24, 2.45) is 0 Å². The lowest BCUT2D eigenvalue weighted by Gasteiger charge is -2.45. The van der Waals surface area contributed by atoms with Crippen molar-refractivity contribution < 1.29 is 52.5 Å². The van der Waals surface area contributed by atoms with Gasteiger partial charge in [0.2, 0.25) is 17.7 Å². The first-order chi connectivity index (χ1) is 17.2. The third-order valence-corrected chi connectivity index (χ3v) is 5.10. The van der Waals surface area contributed by atoms with Crippen LogP contribution in [0.1, 0.15) is 47.5 Å². The molecular weight excluding hydrogens is 516 g/mol. The molecule has 4 amide bonds. The zero-order valence-corrected chi connectivity index (χ0v) is 21.9. The summed E-state index contributed by atoms with van der Waals surface area (Å²) in [6, 6.07) is -2.28. The van der Waals surface area contributed by atoms with Crippen molar-refractivity contribution in [2.75, 3.05) is 6.61 Å². The molecule has 0 spiro atoms. The average Bonchev–Trinajstić information content (AvgIpc) is 2.77. The average molecular weight is 549 g/mol. The molecule has 1 fully saturated rings. The van der Waals surface area contributed by atoms with Gasteiger partial charge in [-0.1, -0.05) is 12.8 Å². The maximum absolute atomic E-state index is 12.8. The van der Waals surface area contributed by atoms with Crippen LogP contribution in [0.2, 0.25) is 0 Å². The van der Waals surface area contributed by atoms with Gasteiger partial charge in [0.15, 0.2) is 18.4 Å². The first kappa shape index (κ1) is 31.6. The summed E-state index contributed by atoms with van der Waals surface area (Å²) in [5.41, 5.74) is 0. The number of ether oxygens (including phenoxy) is 4. The molecule has 0 aromatic carbocycles. The van der Waals surface area contributed by atoms with Gasteiger partial charge in [0.1, 0.15) is 24.8 Å². The number of nitrogens with one attached hydrogen (secondary N) is 4. The smallest absolute Gasteiger partial charge is 0.303 e. The summed E-state index contributed by atoms with van der Waals surface area (Å²) in [7, 11) is 0. The summed E-state index contributed by atoms with van der Waals surface area (Å²) < 4.78 is 23.5. The fourth-order valence-electron chi connectivity index (χ4n) is 3.55. The Bertz CT molecular complexity index is 900. The molecule has 0 aliphatic carbocycles. The zero-order valence-electron chi connectivity index (χ0n) is 21.0. The van der Waals surface area contributed by atoms with Crippen LogP contribution in [0, 0.1) is 0 Å². The molecule has 0 aromatic heterocycles. The summed E-state index contributed by atoms with van der Waals surface area (Å²) in [5, 5.41) is 7.43. The number of esters is 3. The summed E-state index contributed by atoms with van der Waals surface area (Å²) in [6.07, 6.45) is -5.59. The van der Waals surface area contributed by atoms with E-state index >= 15 is 0 Å². The monoisotopic (exact) mass is 548 g/mol. The SMILES string of the molecule is CC(=O)NC1C(NC(=O)CC[C@H](NC(C)=O)C(=O)NS)OC(COC(C)=O)C(OC(C)=O)C1OC(C)=O. The highest BCUT2D eigenvalue weighted by molar-refractivity contribution is 7.78. The molecule has 1 saturated heterocycles. The minimum atomic E-state index is -1.34. The van der Waals surface area contributed by atoms with Gasteiger partial charge in [0, 0.05) is 41.0 Å². The van der Waals surface area contributed by atoms with E-state index in [1.54, 1.807) is 0 Å². The maximum Gasteiger partial charge on any atom is 0.303 e. The minimum absolute atomic E-state index is 0.115. The highest BCUT2D eigenvalue weighted by Gasteiger charge is 2.51. The lowest BCUT2D eigenvalue weighted by atomic mass is 9.95. The van der Waals surface area contributed by atoms with Crippen molar-refractivity contribution in [1.82, 2.24) is 20.7 Å². The van der Waals surface area contributed by atoms with E-state index in [9.17, 15) is 33.6 Å². The molecule has 1 heterocycles. The third kappa shape index (κ3) is 11.0. The van der Waals surface area contributed by atoms with Gasteiger partial charge in [-0.3, -0.25) is 33.6 Å². The highest BCUT2D eigenvalue weighted by atomic mass is 32.1. The topological polar surface area (TPSA) is 205 Å². The molecular formula is C21H32N4O11S. The standard InChI is InChI=1S/C21H32N4O11S/c1-9(26)22-14(20(32)25-37)6-7-16(31)24-21-17(23-10(2)27)19(35-13(5)30)18(34-12(4)29)15(36-21)8-33-11(3)28/h14-15,17-19,21,37H,6-8H2,1-5H3,(H,22,26)(H,23,27)(H,24,31)(H,25,32)/t14-,15?,17?,18?,19?,21?/m0/s1. The molecule has 1 aliphatic heterocycles. The predicted molar refractivity (Wildman–Crippen MR) is 126 cm³/mol. The second kappa shape index (κ2) is 15.0. The second-order valence-corrected chi connectivity index (χ2v) is 8.33. The Kier molecular flexibility index (Phi) is 12.8. The van der Waals surface area contributed by atoms with Crippen LogP contribution in [0.3, 0.4) is 0 Å². The third-order valence-electron chi connectivity index (χ3n) is 4.88. The first-order valence-electron chi connectivity index (χ1n) is 11.2. The van der Waals surface area contributed by atoms with E-state index in [0.717, 1.165) is 20.8 Å². The number of carbonyl (C=O) groups is 7. The van der Waals surface area contributed by atoms with Gasteiger partial charge in [-0.2, -0.15) is 0 Å². The Balaban J connectivity index is 3.23. The van der Waals surface area contributed by atoms with E-state index < -0.39 is 84.8 Å². The van der Waals surface area contributed by atoms with Crippen LogP contribution in [-0.4, -0.2) is 84.8 Å². The first-order valence-corrected chi connectivity index (χ1v) is 11.6. The van der Waals surface area contributed by atoms with Crippen LogP contribution in [0.25, 0.3) is 0 Å². The fraction of sp³-hybridized carbons (Fsp3) is 0.667. The van der Waals surface area contributed by atoms with Crippen LogP contribution in [0.15, 0.2) is 0 Å². The largest absolute Gasteiger partial charge is 0.463 e. The van der Waals surface area contributed by atoms with E-state index in [2.05, 4.69) is 33.5 Å². The van der Waals surface area contributed by atoms with Gasteiger partial charge >= 0.3 is 17.9 Å². The highest BCUT2D eigenvalue weighted by Crippen LogP contribution is 2.26. The second-order valence-electron chi connectivity index (χ2n) is 8.11. The van der Waals surface area contributed by atoms with Gasteiger partial charge in [0.25, 0.3) is 5.91 Å². The van der Waals surface area contributed by atoms with Crippen LogP contribution >= 0.6 is 12.8 Å². The number of carbonyl (C=O) groups excluding carboxylic acids is 7. The number of thiol groups is 1. The Morgan fingerprint density at radius 1 is 0.838 bits per heavy atom. The molecule has 0 radical (unpaired) electrons. The van der Waals surface area contributed by atoms with Crippen molar-refractivity contribution in [3.8, 4) is 0 Å². The van der Waals surface area contributed by atoms with Crippen LogP contribution in [0.4, 0.5) is 0 Å². The molecule has 0 bridgehead atoms. The summed E-state index contributed by atoms with van der Waals surface area (Å²) in [4.78, 5) is 83.0. The predicted octanol–water partition coefficient (Wildman–Crippen LogP) is -2.00. The molecule has 15 nitrogen and oxygen atoms in total. The molecule has 0 aromatic rings. The van der Waals surface area contributed by atoms with Gasteiger partial charge in [-0.05, 0) is 6.42 Å². The molecule has 1 rings (SSSR count). The van der Waals surface area contributed by atoms with Crippen molar-refractivity contribution in [3.63, 3.8) is 0 Å². The number of hydrogen-bond acceptors (Lipinski definition) is 12. The molecule has 1 aliphatic rings. The molecule has 208 valence electrons. The number of hydrogen-bond donors (Lipinski definition) is 5. The van der Waals surface area contributed by atoms with Gasteiger partial charge in [-0.15, -0.1) is 0 Å². The lowest BCUT2D eigenvalue weighted by Crippen LogP contribution is -2.69. The minimum Gasteiger partial charge on any atom is -0.463 e. The van der Waals surface area contributed by atoms with Crippen molar-refractivity contribution in [1.29, 1.82) is 0 Å². The Labute approximate surface area is 218 Å². The van der Waals surface area contributed by atoms with Crippen LogP contribution in [-0.2, 0) is 52.5 Å². The van der Waals surface area contributed by atoms with Crippen LogP contribution < -0.4 is 20.7 Å². The number of amides is 4. The van der Waals surface area contributed by atoms with E-state index in [1.807, 2.05) is 0 Å². The van der Waals surface area contributed by atoms with Crippen LogP contribution in [0.5, 0.6) is 0 Å².